The Bertz CT molecular complexity index is 1080. The molecular formula is C19H18ClN3O4S. The Balaban J connectivity index is 1.56. The smallest absolute Gasteiger partial charge is 0.227 e. The number of rotatable bonds is 7. The first-order valence-electron chi connectivity index (χ1n) is 8.48. The summed E-state index contributed by atoms with van der Waals surface area (Å²) in [5.74, 6) is -0.343. The Morgan fingerprint density at radius 3 is 2.64 bits per heavy atom. The van der Waals surface area contributed by atoms with Gasteiger partial charge in [0.25, 0.3) is 0 Å². The van der Waals surface area contributed by atoms with Crippen LogP contribution < -0.4 is 5.32 Å². The van der Waals surface area contributed by atoms with E-state index in [0.717, 1.165) is 5.56 Å². The molecule has 1 amide bonds. The van der Waals surface area contributed by atoms with Crippen LogP contribution in [-0.2, 0) is 26.8 Å². The largest absolute Gasteiger partial charge is 0.339 e. The second kappa shape index (κ2) is 8.53. The van der Waals surface area contributed by atoms with Gasteiger partial charge in [-0.3, -0.25) is 4.79 Å². The number of nitrogens with zero attached hydrogens (tertiary/aromatic N) is 2. The van der Waals surface area contributed by atoms with E-state index in [1.165, 1.54) is 0 Å². The van der Waals surface area contributed by atoms with E-state index in [1.54, 1.807) is 48.5 Å². The van der Waals surface area contributed by atoms with Gasteiger partial charge in [0.15, 0.2) is 15.7 Å². The molecule has 146 valence electrons. The third kappa shape index (κ3) is 5.40. The van der Waals surface area contributed by atoms with Gasteiger partial charge in [-0.25, -0.2) is 8.42 Å². The molecule has 7 nitrogen and oxygen atoms in total. The van der Waals surface area contributed by atoms with Crippen molar-refractivity contribution in [3.8, 4) is 0 Å². The Morgan fingerprint density at radius 1 is 1.18 bits per heavy atom. The minimum absolute atomic E-state index is 0.0609. The van der Waals surface area contributed by atoms with Crippen LogP contribution in [0.2, 0.25) is 5.02 Å². The summed E-state index contributed by atoms with van der Waals surface area (Å²) in [5.41, 5.74) is 1.56. The molecule has 0 saturated heterocycles. The van der Waals surface area contributed by atoms with E-state index in [-0.39, 0.29) is 41.1 Å². The van der Waals surface area contributed by atoms with Crippen molar-refractivity contribution in [2.24, 2.45) is 0 Å². The molecule has 0 radical (unpaired) electrons. The summed E-state index contributed by atoms with van der Waals surface area (Å²) < 4.78 is 29.9. The Hall–Kier alpha value is -2.71. The van der Waals surface area contributed by atoms with Crippen LogP contribution >= 0.6 is 11.6 Å². The van der Waals surface area contributed by atoms with Crippen molar-refractivity contribution >= 4 is 33.0 Å². The van der Waals surface area contributed by atoms with Gasteiger partial charge in [-0.05, 0) is 37.3 Å². The Kier molecular flexibility index (Phi) is 6.11. The van der Waals surface area contributed by atoms with Gasteiger partial charge in [-0.2, -0.15) is 4.98 Å². The average Bonchev–Trinajstić information content (AvgIpc) is 3.07. The monoisotopic (exact) mass is 419 g/mol. The van der Waals surface area contributed by atoms with Gasteiger partial charge in [0, 0.05) is 23.6 Å². The van der Waals surface area contributed by atoms with E-state index in [2.05, 4.69) is 15.5 Å². The number of carbonyl (C=O) groups is 1. The highest BCUT2D eigenvalue weighted by atomic mass is 35.5. The Labute approximate surface area is 167 Å². The number of hydrogen-bond acceptors (Lipinski definition) is 6. The highest BCUT2D eigenvalue weighted by Gasteiger charge is 2.19. The first-order chi connectivity index (χ1) is 13.3. The summed E-state index contributed by atoms with van der Waals surface area (Å²) in [7, 11) is -3.57. The molecule has 0 spiro atoms. The third-order valence-corrected chi connectivity index (χ3v) is 5.75. The number of hydrogen-bond donors (Lipinski definition) is 1. The molecule has 3 aromatic rings. The molecule has 0 aliphatic heterocycles. The molecular weight excluding hydrogens is 402 g/mol. The van der Waals surface area contributed by atoms with Gasteiger partial charge in [0.05, 0.1) is 4.90 Å². The lowest BCUT2D eigenvalue weighted by Gasteiger charge is -2.04. The molecule has 1 N–H and O–H groups in total. The standard InChI is InChI=1S/C19H18ClN3O4S/c1-13-5-7-16(8-6-13)28(25,26)12-17-22-19(27-23-17)10-9-18(24)21-15-4-2-3-14(20)11-15/h2-8,11H,9-10,12H2,1H3,(H,21,24). The number of aryl methyl sites for hydroxylation is 2. The SMILES string of the molecule is Cc1ccc(S(=O)(=O)Cc2noc(CCC(=O)Nc3cccc(Cl)c3)n2)cc1. The fraction of sp³-hybridized carbons (Fsp3) is 0.211. The minimum atomic E-state index is -3.57. The van der Waals surface area contributed by atoms with Crippen LogP contribution in [0.1, 0.15) is 23.7 Å². The van der Waals surface area contributed by atoms with Crippen LogP contribution in [0.25, 0.3) is 0 Å². The zero-order chi connectivity index (χ0) is 20.1. The lowest BCUT2D eigenvalue weighted by molar-refractivity contribution is -0.116. The van der Waals surface area contributed by atoms with Crippen molar-refractivity contribution in [1.29, 1.82) is 0 Å². The first kappa shape index (κ1) is 20.0. The molecule has 0 aliphatic carbocycles. The van der Waals surface area contributed by atoms with Crippen LogP contribution in [0.5, 0.6) is 0 Å². The summed E-state index contributed by atoms with van der Waals surface area (Å²) in [6.45, 7) is 1.88. The molecule has 0 aliphatic rings. The second-order valence-electron chi connectivity index (χ2n) is 6.24. The van der Waals surface area contributed by atoms with E-state index < -0.39 is 9.84 Å². The molecule has 1 heterocycles. The third-order valence-electron chi connectivity index (χ3n) is 3.88. The molecule has 0 unspecified atom stereocenters. The average molecular weight is 420 g/mol. The number of anilines is 1. The summed E-state index contributed by atoms with van der Waals surface area (Å²) in [6.07, 6.45) is 0.308. The summed E-state index contributed by atoms with van der Waals surface area (Å²) in [4.78, 5) is 16.3. The number of benzene rings is 2. The van der Waals surface area contributed by atoms with Crippen molar-refractivity contribution in [2.45, 2.75) is 30.4 Å². The molecule has 0 bridgehead atoms. The van der Waals surface area contributed by atoms with E-state index in [9.17, 15) is 13.2 Å². The highest BCUT2D eigenvalue weighted by molar-refractivity contribution is 7.90. The van der Waals surface area contributed by atoms with Gasteiger partial charge < -0.3 is 9.84 Å². The maximum Gasteiger partial charge on any atom is 0.227 e. The predicted molar refractivity (Wildman–Crippen MR) is 105 cm³/mol. The van der Waals surface area contributed by atoms with Crippen LogP contribution in [0.15, 0.2) is 57.9 Å². The molecule has 0 fully saturated rings. The van der Waals surface area contributed by atoms with Crippen molar-refractivity contribution in [3.05, 3.63) is 70.8 Å². The number of nitrogens with one attached hydrogen (secondary N) is 1. The molecule has 0 saturated carbocycles. The van der Waals surface area contributed by atoms with E-state index >= 15 is 0 Å². The molecule has 0 atom stereocenters. The summed E-state index contributed by atoms with van der Waals surface area (Å²) >= 11 is 5.88. The topological polar surface area (TPSA) is 102 Å². The maximum absolute atomic E-state index is 12.4. The van der Waals surface area contributed by atoms with Crippen LogP contribution in [0.3, 0.4) is 0 Å². The number of amides is 1. The molecule has 1 aromatic heterocycles. The van der Waals surface area contributed by atoms with Crippen molar-refractivity contribution < 1.29 is 17.7 Å². The molecule has 9 heteroatoms. The van der Waals surface area contributed by atoms with Gasteiger partial charge in [-0.1, -0.05) is 40.5 Å². The summed E-state index contributed by atoms with van der Waals surface area (Å²) in [5, 5.41) is 6.94. The number of sulfone groups is 1. The van der Waals surface area contributed by atoms with Crippen LogP contribution in [0, 0.1) is 6.92 Å². The van der Waals surface area contributed by atoms with Crippen molar-refractivity contribution in [1.82, 2.24) is 10.1 Å². The molecule has 3 rings (SSSR count). The van der Waals surface area contributed by atoms with Crippen LogP contribution in [0.4, 0.5) is 5.69 Å². The van der Waals surface area contributed by atoms with Crippen molar-refractivity contribution in [2.75, 3.05) is 5.32 Å². The Morgan fingerprint density at radius 2 is 1.93 bits per heavy atom. The lowest BCUT2D eigenvalue weighted by atomic mass is 10.2. The maximum atomic E-state index is 12.4. The molecule has 28 heavy (non-hydrogen) atoms. The lowest BCUT2D eigenvalue weighted by Crippen LogP contribution is -2.12. The minimum Gasteiger partial charge on any atom is -0.339 e. The van der Waals surface area contributed by atoms with E-state index in [4.69, 9.17) is 16.1 Å². The highest BCUT2D eigenvalue weighted by Crippen LogP contribution is 2.17. The fourth-order valence-electron chi connectivity index (χ4n) is 2.46. The molecule has 2 aromatic carbocycles. The normalized spacial score (nSPS) is 11.4. The fourth-order valence-corrected chi connectivity index (χ4v) is 3.82. The predicted octanol–water partition coefficient (Wildman–Crippen LogP) is 3.58. The zero-order valence-corrected chi connectivity index (χ0v) is 16.6. The number of halogens is 1. The zero-order valence-electron chi connectivity index (χ0n) is 15.1. The summed E-state index contributed by atoms with van der Waals surface area (Å²) in [6, 6.07) is 13.4. The van der Waals surface area contributed by atoms with E-state index in [0.29, 0.717) is 10.7 Å². The van der Waals surface area contributed by atoms with Crippen molar-refractivity contribution in [3.63, 3.8) is 0 Å². The van der Waals surface area contributed by atoms with Gasteiger partial charge in [-0.15, -0.1) is 0 Å². The quantitative estimate of drug-likeness (QED) is 0.628. The van der Waals surface area contributed by atoms with E-state index in [1.807, 2.05) is 6.92 Å². The van der Waals surface area contributed by atoms with Crippen LogP contribution in [-0.4, -0.2) is 24.5 Å². The van der Waals surface area contributed by atoms with Gasteiger partial charge in [0.1, 0.15) is 5.75 Å². The van der Waals surface area contributed by atoms with Gasteiger partial charge >= 0.3 is 0 Å². The number of aromatic nitrogens is 2. The first-order valence-corrected chi connectivity index (χ1v) is 10.5. The van der Waals surface area contributed by atoms with Gasteiger partial charge in [0.2, 0.25) is 11.8 Å². The number of carbonyl (C=O) groups excluding carboxylic acids is 1. The second-order valence-corrected chi connectivity index (χ2v) is 8.66.